The summed E-state index contributed by atoms with van der Waals surface area (Å²) in [5.41, 5.74) is 1.40. The third-order valence-electron chi connectivity index (χ3n) is 4.55. The molecule has 0 atom stereocenters. The zero-order chi connectivity index (χ0) is 22.6. The molecule has 2 rings (SSSR count). The quantitative estimate of drug-likeness (QED) is 0.366. The van der Waals surface area contributed by atoms with Crippen LogP contribution in [0.4, 0.5) is 5.69 Å². The van der Waals surface area contributed by atoms with Gasteiger partial charge in [0, 0.05) is 6.54 Å². The number of unbranched alkanes of at least 4 members (excludes halogenated alkanes) is 1. The van der Waals surface area contributed by atoms with Gasteiger partial charge in [0.05, 0.1) is 23.4 Å². The van der Waals surface area contributed by atoms with Gasteiger partial charge in [-0.05, 0) is 55.2 Å². The van der Waals surface area contributed by atoms with E-state index in [1.807, 2.05) is 6.07 Å². The van der Waals surface area contributed by atoms with Crippen LogP contribution in [0.5, 0.6) is 5.75 Å². The van der Waals surface area contributed by atoms with Crippen molar-refractivity contribution in [1.29, 1.82) is 0 Å². The Labute approximate surface area is 189 Å². The van der Waals surface area contributed by atoms with Crippen LogP contribution in [0.2, 0.25) is 0 Å². The lowest BCUT2D eigenvalue weighted by Crippen LogP contribution is -2.35. The molecule has 0 aliphatic carbocycles. The largest absolute Gasteiger partial charge is 0.493 e. The summed E-state index contributed by atoms with van der Waals surface area (Å²) in [6.45, 7) is 7.45. The maximum atomic E-state index is 12.8. The van der Waals surface area contributed by atoms with Gasteiger partial charge in [-0.2, -0.15) is 0 Å². The normalized spacial score (nSPS) is 10.5. The Hall–Kier alpha value is -2.93. The van der Waals surface area contributed by atoms with Gasteiger partial charge in [0.2, 0.25) is 0 Å². The van der Waals surface area contributed by atoms with Crippen LogP contribution >= 0.6 is 12.2 Å². The van der Waals surface area contributed by atoms with Crippen molar-refractivity contribution >= 4 is 34.8 Å². The van der Waals surface area contributed by atoms with E-state index >= 15 is 0 Å². The van der Waals surface area contributed by atoms with Crippen molar-refractivity contribution in [3.63, 3.8) is 0 Å². The van der Waals surface area contributed by atoms with Crippen molar-refractivity contribution in [2.24, 2.45) is 5.92 Å². The summed E-state index contributed by atoms with van der Waals surface area (Å²) in [6, 6.07) is 14.1. The number of carbonyl (C=O) groups excluding carboxylic acids is 2. The first-order valence-electron chi connectivity index (χ1n) is 10.6. The van der Waals surface area contributed by atoms with Gasteiger partial charge >= 0.3 is 0 Å². The number of ether oxygens (including phenoxy) is 1. The highest BCUT2D eigenvalue weighted by molar-refractivity contribution is 7.80. The molecule has 0 aromatic heterocycles. The van der Waals surface area contributed by atoms with Crippen LogP contribution in [-0.2, 0) is 0 Å². The molecule has 0 saturated carbocycles. The summed E-state index contributed by atoms with van der Waals surface area (Å²) >= 11 is 5.31. The minimum absolute atomic E-state index is 0.107. The Morgan fingerprint density at radius 1 is 1.00 bits per heavy atom. The summed E-state index contributed by atoms with van der Waals surface area (Å²) in [4.78, 5) is 25.2. The van der Waals surface area contributed by atoms with Crippen LogP contribution in [0.3, 0.4) is 0 Å². The van der Waals surface area contributed by atoms with E-state index in [9.17, 15) is 9.59 Å². The fourth-order valence-corrected chi connectivity index (χ4v) is 2.98. The Bertz CT molecular complexity index is 899. The van der Waals surface area contributed by atoms with Crippen molar-refractivity contribution in [3.05, 3.63) is 59.7 Å². The first-order valence-corrected chi connectivity index (χ1v) is 11.0. The van der Waals surface area contributed by atoms with Gasteiger partial charge in [-0.3, -0.25) is 14.9 Å². The average molecular weight is 442 g/mol. The van der Waals surface area contributed by atoms with Crippen LogP contribution in [0.15, 0.2) is 48.5 Å². The first kappa shape index (κ1) is 24.3. The minimum Gasteiger partial charge on any atom is -0.493 e. The van der Waals surface area contributed by atoms with E-state index in [4.69, 9.17) is 17.0 Å². The van der Waals surface area contributed by atoms with Crippen LogP contribution < -0.4 is 20.7 Å². The molecule has 0 aliphatic rings. The van der Waals surface area contributed by atoms with E-state index in [0.29, 0.717) is 41.6 Å². The lowest BCUT2D eigenvalue weighted by Gasteiger charge is -2.15. The Kier molecular flexibility index (Phi) is 9.97. The molecule has 0 heterocycles. The molecule has 7 heteroatoms. The van der Waals surface area contributed by atoms with Crippen LogP contribution in [0, 0.1) is 5.92 Å². The van der Waals surface area contributed by atoms with E-state index in [1.54, 1.807) is 42.5 Å². The lowest BCUT2D eigenvalue weighted by molar-refractivity contribution is 0.0951. The van der Waals surface area contributed by atoms with Crippen molar-refractivity contribution in [2.45, 2.75) is 40.0 Å². The summed E-state index contributed by atoms with van der Waals surface area (Å²) in [7, 11) is 0. The molecule has 0 saturated heterocycles. The summed E-state index contributed by atoms with van der Waals surface area (Å²) in [5.74, 6) is 0.466. The van der Waals surface area contributed by atoms with E-state index in [0.717, 1.165) is 19.3 Å². The Balaban J connectivity index is 2.02. The number of anilines is 1. The van der Waals surface area contributed by atoms with Gasteiger partial charge in [0.25, 0.3) is 11.8 Å². The number of carbonyl (C=O) groups is 2. The number of para-hydroxylation sites is 2. The molecule has 2 aromatic carbocycles. The Morgan fingerprint density at radius 2 is 1.68 bits per heavy atom. The molecule has 2 aromatic rings. The molecule has 31 heavy (non-hydrogen) atoms. The summed E-state index contributed by atoms with van der Waals surface area (Å²) < 4.78 is 5.79. The SMILES string of the molecule is CCCCNC(=O)c1ccccc1NC(=S)NC(=O)c1ccccc1OCCC(C)C. The lowest BCUT2D eigenvalue weighted by atomic mass is 10.1. The van der Waals surface area contributed by atoms with Gasteiger partial charge in [0.15, 0.2) is 5.11 Å². The minimum atomic E-state index is -0.373. The smallest absolute Gasteiger partial charge is 0.261 e. The maximum absolute atomic E-state index is 12.8. The topological polar surface area (TPSA) is 79.5 Å². The highest BCUT2D eigenvalue weighted by Gasteiger charge is 2.16. The van der Waals surface area contributed by atoms with Crippen molar-refractivity contribution in [1.82, 2.24) is 10.6 Å². The first-order chi connectivity index (χ1) is 14.9. The third kappa shape index (κ3) is 8.02. The number of benzene rings is 2. The van der Waals surface area contributed by atoms with Crippen LogP contribution in [0.1, 0.15) is 60.7 Å². The second-order valence-electron chi connectivity index (χ2n) is 7.59. The second kappa shape index (κ2) is 12.7. The van der Waals surface area contributed by atoms with Gasteiger partial charge in [-0.1, -0.05) is 51.5 Å². The molecule has 6 nitrogen and oxygen atoms in total. The van der Waals surface area contributed by atoms with E-state index in [1.165, 1.54) is 0 Å². The van der Waals surface area contributed by atoms with Crippen LogP contribution in [-0.4, -0.2) is 30.1 Å². The molecule has 0 spiro atoms. The molecular formula is C24H31N3O3S. The van der Waals surface area contributed by atoms with Crippen molar-refractivity contribution < 1.29 is 14.3 Å². The molecular weight excluding hydrogens is 410 g/mol. The van der Waals surface area contributed by atoms with Gasteiger partial charge < -0.3 is 15.4 Å². The highest BCUT2D eigenvalue weighted by Crippen LogP contribution is 2.19. The average Bonchev–Trinajstić information content (AvgIpc) is 2.74. The fourth-order valence-electron chi connectivity index (χ4n) is 2.77. The van der Waals surface area contributed by atoms with E-state index < -0.39 is 0 Å². The number of rotatable bonds is 10. The van der Waals surface area contributed by atoms with E-state index in [-0.39, 0.29) is 16.9 Å². The van der Waals surface area contributed by atoms with E-state index in [2.05, 4.69) is 36.7 Å². The molecule has 3 N–H and O–H groups in total. The molecule has 2 amide bonds. The number of hydrogen-bond acceptors (Lipinski definition) is 4. The standard InChI is InChI=1S/C24H31N3O3S/c1-4-5-15-25-22(28)18-10-6-8-12-20(18)26-24(31)27-23(29)19-11-7-9-13-21(19)30-16-14-17(2)3/h6-13,17H,4-5,14-16H2,1-3H3,(H,25,28)(H2,26,27,29,31). The number of thiocarbonyl (C=S) groups is 1. The predicted octanol–water partition coefficient (Wildman–Crippen LogP) is 4.77. The predicted molar refractivity (Wildman–Crippen MR) is 129 cm³/mol. The van der Waals surface area contributed by atoms with Crippen LogP contribution in [0.25, 0.3) is 0 Å². The number of hydrogen-bond donors (Lipinski definition) is 3. The molecule has 0 unspecified atom stereocenters. The number of nitrogens with one attached hydrogen (secondary N) is 3. The molecule has 166 valence electrons. The van der Waals surface area contributed by atoms with Gasteiger partial charge in [-0.15, -0.1) is 0 Å². The summed E-state index contributed by atoms with van der Waals surface area (Å²) in [6.07, 6.45) is 2.81. The molecule has 0 fully saturated rings. The second-order valence-corrected chi connectivity index (χ2v) is 8.00. The molecule has 0 bridgehead atoms. The number of amides is 2. The zero-order valence-electron chi connectivity index (χ0n) is 18.4. The molecule has 0 radical (unpaired) electrons. The molecule has 0 aliphatic heterocycles. The third-order valence-corrected chi connectivity index (χ3v) is 4.75. The van der Waals surface area contributed by atoms with Crippen molar-refractivity contribution in [3.8, 4) is 5.75 Å². The zero-order valence-corrected chi connectivity index (χ0v) is 19.2. The highest BCUT2D eigenvalue weighted by atomic mass is 32.1. The fraction of sp³-hybridized carbons (Fsp3) is 0.375. The monoisotopic (exact) mass is 441 g/mol. The maximum Gasteiger partial charge on any atom is 0.261 e. The van der Waals surface area contributed by atoms with Gasteiger partial charge in [0.1, 0.15) is 5.75 Å². The Morgan fingerprint density at radius 3 is 2.39 bits per heavy atom. The van der Waals surface area contributed by atoms with Gasteiger partial charge in [-0.25, -0.2) is 0 Å². The summed E-state index contributed by atoms with van der Waals surface area (Å²) in [5, 5.41) is 8.63. The van der Waals surface area contributed by atoms with Crippen molar-refractivity contribution in [2.75, 3.05) is 18.5 Å².